The number of hydrogen-bond donors (Lipinski definition) is 0. The molecular weight excluding hydrogens is 215 g/mol. The lowest BCUT2D eigenvalue weighted by Crippen LogP contribution is -2.18. The second-order valence-electron chi connectivity index (χ2n) is 3.26. The zero-order valence-electron chi connectivity index (χ0n) is 8.91. The third kappa shape index (κ3) is 2.50. The fraction of sp³-hybridized carbons (Fsp3) is 0.364. The number of carbonyl (C=O) groups excluding carboxylic acids is 1. The SMILES string of the molecule is COc1ccc(SC)cc1C(C)(F)C=O. The van der Waals surface area contributed by atoms with E-state index in [2.05, 4.69) is 0 Å². The molecular formula is C11H13FO2S. The van der Waals surface area contributed by atoms with Crippen molar-refractivity contribution in [2.75, 3.05) is 13.4 Å². The highest BCUT2D eigenvalue weighted by molar-refractivity contribution is 7.98. The zero-order chi connectivity index (χ0) is 11.5. The van der Waals surface area contributed by atoms with Gasteiger partial charge < -0.3 is 4.74 Å². The lowest BCUT2D eigenvalue weighted by atomic mass is 9.98. The molecule has 1 aromatic carbocycles. The van der Waals surface area contributed by atoms with E-state index >= 15 is 0 Å². The van der Waals surface area contributed by atoms with E-state index in [1.165, 1.54) is 25.8 Å². The van der Waals surface area contributed by atoms with Crippen LogP contribution in [-0.2, 0) is 10.5 Å². The lowest BCUT2D eigenvalue weighted by Gasteiger charge is -2.17. The maximum Gasteiger partial charge on any atom is 0.191 e. The van der Waals surface area contributed by atoms with Gasteiger partial charge in [0.25, 0.3) is 0 Å². The highest BCUT2D eigenvalue weighted by Gasteiger charge is 2.29. The molecule has 4 heteroatoms. The molecule has 1 unspecified atom stereocenters. The normalized spacial score (nSPS) is 14.4. The minimum atomic E-state index is -2.00. The molecule has 0 fully saturated rings. The van der Waals surface area contributed by atoms with Gasteiger partial charge in [-0.15, -0.1) is 11.8 Å². The van der Waals surface area contributed by atoms with Crippen molar-refractivity contribution < 1.29 is 13.9 Å². The third-order valence-corrected chi connectivity index (χ3v) is 2.88. The predicted molar refractivity (Wildman–Crippen MR) is 59.3 cm³/mol. The van der Waals surface area contributed by atoms with Crippen LogP contribution >= 0.6 is 11.8 Å². The summed E-state index contributed by atoms with van der Waals surface area (Å²) in [6.45, 7) is 1.22. The Bertz CT molecular complexity index is 364. The molecule has 0 aromatic heterocycles. The Hall–Kier alpha value is -1.03. The molecule has 0 bridgehead atoms. The van der Waals surface area contributed by atoms with Gasteiger partial charge in [0.15, 0.2) is 12.0 Å². The largest absolute Gasteiger partial charge is 0.496 e. The fourth-order valence-electron chi connectivity index (χ4n) is 1.26. The second kappa shape index (κ2) is 4.66. The smallest absolute Gasteiger partial charge is 0.191 e. The predicted octanol–water partition coefficient (Wildman–Crippen LogP) is 2.80. The number of thioether (sulfide) groups is 1. The van der Waals surface area contributed by atoms with Gasteiger partial charge in [0.05, 0.1) is 7.11 Å². The average Bonchev–Trinajstić information content (AvgIpc) is 2.28. The molecule has 0 radical (unpaired) electrons. The van der Waals surface area contributed by atoms with Gasteiger partial charge in [-0.3, -0.25) is 4.79 Å². The van der Waals surface area contributed by atoms with E-state index in [9.17, 15) is 9.18 Å². The van der Waals surface area contributed by atoms with Crippen LogP contribution in [0.5, 0.6) is 5.75 Å². The molecule has 0 spiro atoms. The molecule has 0 aliphatic rings. The summed E-state index contributed by atoms with van der Waals surface area (Å²) >= 11 is 1.49. The molecule has 0 aliphatic carbocycles. The quantitative estimate of drug-likeness (QED) is 0.585. The molecule has 1 atom stereocenters. The van der Waals surface area contributed by atoms with Crippen molar-refractivity contribution in [1.29, 1.82) is 0 Å². The summed E-state index contributed by atoms with van der Waals surface area (Å²) in [5.41, 5.74) is -1.73. The maximum atomic E-state index is 13.9. The van der Waals surface area contributed by atoms with Crippen LogP contribution in [0.1, 0.15) is 12.5 Å². The minimum Gasteiger partial charge on any atom is -0.496 e. The lowest BCUT2D eigenvalue weighted by molar-refractivity contribution is -0.117. The van der Waals surface area contributed by atoms with E-state index in [1.54, 1.807) is 12.1 Å². The molecule has 0 amide bonds. The van der Waals surface area contributed by atoms with Crippen LogP contribution in [0.2, 0.25) is 0 Å². The van der Waals surface area contributed by atoms with Crippen LogP contribution in [-0.4, -0.2) is 19.7 Å². The first kappa shape index (κ1) is 12.0. The summed E-state index contributed by atoms with van der Waals surface area (Å²) < 4.78 is 18.9. The molecule has 2 nitrogen and oxygen atoms in total. The number of benzene rings is 1. The van der Waals surface area contributed by atoms with Gasteiger partial charge >= 0.3 is 0 Å². The van der Waals surface area contributed by atoms with E-state index in [-0.39, 0.29) is 11.8 Å². The van der Waals surface area contributed by atoms with Crippen molar-refractivity contribution in [3.8, 4) is 5.75 Å². The number of hydrogen-bond acceptors (Lipinski definition) is 3. The minimum absolute atomic E-state index is 0.270. The average molecular weight is 228 g/mol. The standard InChI is InChI=1S/C11H13FO2S/c1-11(12,7-13)9-6-8(15-3)4-5-10(9)14-2/h4-7H,1-3H3. The Kier molecular flexibility index (Phi) is 3.74. The Morgan fingerprint density at radius 2 is 2.20 bits per heavy atom. The van der Waals surface area contributed by atoms with Crippen molar-refractivity contribution in [1.82, 2.24) is 0 Å². The zero-order valence-corrected chi connectivity index (χ0v) is 9.73. The van der Waals surface area contributed by atoms with Crippen LogP contribution in [0, 0.1) is 0 Å². The Balaban J connectivity index is 3.29. The molecule has 15 heavy (non-hydrogen) atoms. The van der Waals surface area contributed by atoms with Crippen molar-refractivity contribution in [2.45, 2.75) is 17.5 Å². The van der Waals surface area contributed by atoms with Crippen molar-refractivity contribution in [2.24, 2.45) is 0 Å². The van der Waals surface area contributed by atoms with Crippen molar-refractivity contribution >= 4 is 18.0 Å². The fourth-order valence-corrected chi connectivity index (χ4v) is 1.70. The van der Waals surface area contributed by atoms with Crippen molar-refractivity contribution in [3.05, 3.63) is 23.8 Å². The first-order chi connectivity index (χ1) is 7.05. The highest BCUT2D eigenvalue weighted by atomic mass is 32.2. The van der Waals surface area contributed by atoms with Gasteiger partial charge in [0.1, 0.15) is 5.75 Å². The number of halogens is 1. The summed E-state index contributed by atoms with van der Waals surface area (Å²) in [6.07, 6.45) is 2.18. The summed E-state index contributed by atoms with van der Waals surface area (Å²) in [5, 5.41) is 0. The summed E-state index contributed by atoms with van der Waals surface area (Å²) in [6, 6.07) is 5.13. The van der Waals surface area contributed by atoms with Gasteiger partial charge in [0, 0.05) is 10.5 Å². The molecule has 0 N–H and O–H groups in total. The first-order valence-electron chi connectivity index (χ1n) is 4.43. The maximum absolute atomic E-state index is 13.9. The van der Waals surface area contributed by atoms with Crippen LogP contribution in [0.3, 0.4) is 0 Å². The van der Waals surface area contributed by atoms with E-state index in [4.69, 9.17) is 4.74 Å². The van der Waals surface area contributed by atoms with E-state index < -0.39 is 5.67 Å². The van der Waals surface area contributed by atoms with Crippen LogP contribution in [0.4, 0.5) is 4.39 Å². The Labute approximate surface area is 92.8 Å². The number of ether oxygens (including phenoxy) is 1. The molecule has 0 heterocycles. The van der Waals surface area contributed by atoms with Crippen LogP contribution < -0.4 is 4.74 Å². The molecule has 0 saturated heterocycles. The summed E-state index contributed by atoms with van der Waals surface area (Å²) in [7, 11) is 1.46. The van der Waals surface area contributed by atoms with E-state index in [0.29, 0.717) is 5.75 Å². The number of rotatable bonds is 4. The number of aldehydes is 1. The number of methoxy groups -OCH3 is 1. The highest BCUT2D eigenvalue weighted by Crippen LogP contribution is 2.34. The van der Waals surface area contributed by atoms with Gasteiger partial charge in [-0.2, -0.15) is 0 Å². The van der Waals surface area contributed by atoms with Crippen molar-refractivity contribution in [3.63, 3.8) is 0 Å². The second-order valence-corrected chi connectivity index (χ2v) is 4.14. The molecule has 1 aromatic rings. The Morgan fingerprint density at radius 3 is 2.67 bits per heavy atom. The number of alkyl halides is 1. The molecule has 0 saturated carbocycles. The summed E-state index contributed by atoms with van der Waals surface area (Å²) in [4.78, 5) is 11.6. The van der Waals surface area contributed by atoms with Crippen LogP contribution in [0.25, 0.3) is 0 Å². The molecule has 0 aliphatic heterocycles. The summed E-state index contributed by atoms with van der Waals surface area (Å²) in [5.74, 6) is 0.393. The van der Waals surface area contributed by atoms with Gasteiger partial charge in [-0.05, 0) is 31.4 Å². The topological polar surface area (TPSA) is 26.3 Å². The van der Waals surface area contributed by atoms with Gasteiger partial charge in [-0.1, -0.05) is 0 Å². The van der Waals surface area contributed by atoms with Crippen LogP contribution in [0.15, 0.2) is 23.1 Å². The molecule has 82 valence electrons. The van der Waals surface area contributed by atoms with E-state index in [0.717, 1.165) is 4.90 Å². The number of carbonyl (C=O) groups is 1. The Morgan fingerprint density at radius 1 is 1.53 bits per heavy atom. The molecule has 1 rings (SSSR count). The third-order valence-electron chi connectivity index (χ3n) is 2.15. The van der Waals surface area contributed by atoms with Gasteiger partial charge in [0.2, 0.25) is 0 Å². The first-order valence-corrected chi connectivity index (χ1v) is 5.65. The monoisotopic (exact) mass is 228 g/mol. The van der Waals surface area contributed by atoms with Gasteiger partial charge in [-0.25, -0.2) is 4.39 Å². The van der Waals surface area contributed by atoms with E-state index in [1.807, 2.05) is 12.3 Å².